The maximum Gasteiger partial charge on any atom is 0.292 e. The van der Waals surface area contributed by atoms with E-state index in [-0.39, 0.29) is 22.2 Å². The van der Waals surface area contributed by atoms with Crippen LogP contribution >= 0.6 is 11.8 Å². The number of para-hydroxylation sites is 1. The Morgan fingerprint density at radius 3 is 2.71 bits per heavy atom. The number of fused-ring (bicyclic) bond motifs is 1. The Labute approximate surface area is 202 Å². The van der Waals surface area contributed by atoms with E-state index in [1.807, 2.05) is 13.0 Å². The van der Waals surface area contributed by atoms with Crippen molar-refractivity contribution in [3.8, 4) is 11.4 Å². The molecular formula is C24H19FN4O5S. The normalized spacial score (nSPS) is 10.8. The van der Waals surface area contributed by atoms with Crippen LogP contribution in [-0.4, -0.2) is 33.2 Å². The molecule has 35 heavy (non-hydrogen) atoms. The van der Waals surface area contributed by atoms with Crippen LogP contribution in [0, 0.1) is 22.9 Å². The zero-order chi connectivity index (χ0) is 25.1. The molecule has 0 aliphatic heterocycles. The number of aryl methyl sites for hydroxylation is 1. The summed E-state index contributed by atoms with van der Waals surface area (Å²) in [5.74, 6) is -1.16. The van der Waals surface area contributed by atoms with E-state index >= 15 is 0 Å². The summed E-state index contributed by atoms with van der Waals surface area (Å²) < 4.78 is 20.4. The van der Waals surface area contributed by atoms with E-state index < -0.39 is 22.3 Å². The molecule has 0 aliphatic rings. The zero-order valence-electron chi connectivity index (χ0n) is 18.6. The van der Waals surface area contributed by atoms with E-state index in [9.17, 15) is 24.1 Å². The Hall–Kier alpha value is -4.25. The van der Waals surface area contributed by atoms with Gasteiger partial charge in [0.25, 0.3) is 11.2 Å². The van der Waals surface area contributed by atoms with Crippen molar-refractivity contribution in [1.29, 1.82) is 0 Å². The van der Waals surface area contributed by atoms with Crippen LogP contribution < -0.4 is 15.6 Å². The van der Waals surface area contributed by atoms with E-state index in [0.29, 0.717) is 22.3 Å². The van der Waals surface area contributed by atoms with Gasteiger partial charge in [-0.25, -0.2) is 9.37 Å². The second-order valence-corrected chi connectivity index (χ2v) is 8.43. The van der Waals surface area contributed by atoms with Crippen LogP contribution in [0.15, 0.2) is 70.6 Å². The van der Waals surface area contributed by atoms with E-state index in [1.54, 1.807) is 36.4 Å². The molecule has 9 nitrogen and oxygen atoms in total. The first-order valence-electron chi connectivity index (χ1n) is 10.3. The molecule has 11 heteroatoms. The maximum atomic E-state index is 13.6. The number of thioether (sulfide) groups is 1. The minimum absolute atomic E-state index is 0.224. The van der Waals surface area contributed by atoms with Crippen molar-refractivity contribution in [3.05, 3.63) is 92.5 Å². The van der Waals surface area contributed by atoms with Gasteiger partial charge in [-0.05, 0) is 42.8 Å². The highest BCUT2D eigenvalue weighted by molar-refractivity contribution is 7.99. The van der Waals surface area contributed by atoms with Crippen molar-refractivity contribution in [2.45, 2.75) is 12.1 Å². The number of nitro groups is 1. The van der Waals surface area contributed by atoms with E-state index in [2.05, 4.69) is 10.3 Å². The number of aromatic nitrogens is 2. The summed E-state index contributed by atoms with van der Waals surface area (Å²) in [5, 5.41) is 14.2. The lowest BCUT2D eigenvalue weighted by Crippen LogP contribution is -2.23. The number of nitrogens with zero attached hydrogens (tertiary/aromatic N) is 3. The summed E-state index contributed by atoms with van der Waals surface area (Å²) >= 11 is 0.962. The van der Waals surface area contributed by atoms with Crippen LogP contribution in [0.3, 0.4) is 0 Å². The van der Waals surface area contributed by atoms with Crippen LogP contribution in [0.4, 0.5) is 15.8 Å². The summed E-state index contributed by atoms with van der Waals surface area (Å²) in [6.07, 6.45) is 0. The molecule has 0 radical (unpaired) electrons. The fourth-order valence-corrected chi connectivity index (χ4v) is 4.29. The maximum absolute atomic E-state index is 13.6. The third-order valence-electron chi connectivity index (χ3n) is 5.08. The highest BCUT2D eigenvalue weighted by Gasteiger charge is 2.20. The van der Waals surface area contributed by atoms with Crippen LogP contribution in [0.1, 0.15) is 5.56 Å². The topological polar surface area (TPSA) is 116 Å². The molecule has 1 amide bonds. The number of nitrogens with one attached hydrogen (secondary N) is 1. The highest BCUT2D eigenvalue weighted by Crippen LogP contribution is 2.29. The number of carbonyl (C=O) groups is 1. The lowest BCUT2D eigenvalue weighted by atomic mass is 10.2. The minimum atomic E-state index is -0.727. The Morgan fingerprint density at radius 1 is 1.20 bits per heavy atom. The zero-order valence-corrected chi connectivity index (χ0v) is 19.5. The molecule has 1 N–H and O–H groups in total. The first-order chi connectivity index (χ1) is 16.8. The molecule has 4 rings (SSSR count). The number of anilines is 1. The molecule has 0 saturated carbocycles. The van der Waals surface area contributed by atoms with E-state index in [4.69, 9.17) is 4.74 Å². The molecule has 0 spiro atoms. The number of benzene rings is 3. The van der Waals surface area contributed by atoms with Gasteiger partial charge in [0.15, 0.2) is 5.16 Å². The highest BCUT2D eigenvalue weighted by atomic mass is 32.2. The Bertz CT molecular complexity index is 1520. The Kier molecular flexibility index (Phi) is 6.78. The van der Waals surface area contributed by atoms with Gasteiger partial charge in [-0.2, -0.15) is 0 Å². The lowest BCUT2D eigenvalue weighted by Gasteiger charge is -2.16. The molecule has 4 aromatic rings. The predicted molar refractivity (Wildman–Crippen MR) is 131 cm³/mol. The van der Waals surface area contributed by atoms with Gasteiger partial charge < -0.3 is 10.1 Å². The molecule has 0 aliphatic carbocycles. The van der Waals surface area contributed by atoms with Gasteiger partial charge in [0.2, 0.25) is 5.91 Å². The first-order valence-corrected chi connectivity index (χ1v) is 11.3. The van der Waals surface area contributed by atoms with Gasteiger partial charge in [0.1, 0.15) is 17.3 Å². The summed E-state index contributed by atoms with van der Waals surface area (Å²) in [6.45, 7) is 1.87. The largest absolute Gasteiger partial charge is 0.495 e. The fraction of sp³-hybridized carbons (Fsp3) is 0.125. The molecule has 0 saturated heterocycles. The minimum Gasteiger partial charge on any atom is -0.495 e. The third-order valence-corrected chi connectivity index (χ3v) is 6.02. The van der Waals surface area contributed by atoms with Crippen molar-refractivity contribution >= 4 is 39.9 Å². The fourth-order valence-electron chi connectivity index (χ4n) is 3.48. The van der Waals surface area contributed by atoms with Gasteiger partial charge in [-0.15, -0.1) is 0 Å². The van der Waals surface area contributed by atoms with Crippen LogP contribution in [-0.2, 0) is 4.79 Å². The lowest BCUT2D eigenvalue weighted by molar-refractivity contribution is -0.384. The molecule has 0 atom stereocenters. The molecular weight excluding hydrogens is 475 g/mol. The SMILES string of the molecule is COc1ccc(C)cc1-n1c(SCC(=O)Nc2cc(F)ccc2[N+](=O)[O-])nc2ccccc2c1=O. The van der Waals surface area contributed by atoms with Crippen LogP contribution in [0.25, 0.3) is 16.6 Å². The average molecular weight is 495 g/mol. The molecule has 1 heterocycles. The number of methoxy groups -OCH3 is 1. The third kappa shape index (κ3) is 4.99. The second-order valence-electron chi connectivity index (χ2n) is 7.48. The van der Waals surface area contributed by atoms with Crippen LogP contribution in [0.2, 0.25) is 0 Å². The number of ether oxygens (including phenoxy) is 1. The van der Waals surface area contributed by atoms with Gasteiger partial charge >= 0.3 is 0 Å². The smallest absolute Gasteiger partial charge is 0.292 e. The van der Waals surface area contributed by atoms with Gasteiger partial charge in [-0.1, -0.05) is 30.0 Å². The van der Waals surface area contributed by atoms with Crippen molar-refractivity contribution < 1.29 is 18.8 Å². The van der Waals surface area contributed by atoms with Crippen molar-refractivity contribution in [2.75, 3.05) is 18.2 Å². The van der Waals surface area contributed by atoms with Crippen LogP contribution in [0.5, 0.6) is 5.75 Å². The Morgan fingerprint density at radius 2 is 1.97 bits per heavy atom. The van der Waals surface area contributed by atoms with E-state index in [0.717, 1.165) is 35.5 Å². The average Bonchev–Trinajstić information content (AvgIpc) is 2.82. The quantitative estimate of drug-likeness (QED) is 0.174. The summed E-state index contributed by atoms with van der Waals surface area (Å²) in [6, 6.07) is 15.0. The molecule has 0 bridgehead atoms. The van der Waals surface area contributed by atoms with Gasteiger partial charge in [0.05, 0.1) is 34.4 Å². The number of amides is 1. The first kappa shape index (κ1) is 23.9. The summed E-state index contributed by atoms with van der Waals surface area (Å²) in [7, 11) is 1.49. The van der Waals surface area contributed by atoms with Gasteiger partial charge in [-0.3, -0.25) is 24.3 Å². The molecule has 3 aromatic carbocycles. The van der Waals surface area contributed by atoms with Crippen molar-refractivity contribution in [2.24, 2.45) is 0 Å². The summed E-state index contributed by atoms with van der Waals surface area (Å²) in [4.78, 5) is 41.2. The summed E-state index contributed by atoms with van der Waals surface area (Å²) in [5.41, 5.74) is 0.749. The standard InChI is InChI=1S/C24H19FN4O5S/c1-14-7-10-21(34-2)20(11-14)28-23(31)16-5-3-4-6-17(16)27-24(28)35-13-22(30)26-18-12-15(25)8-9-19(18)29(32)33/h3-12H,13H2,1-2H3,(H,26,30). The predicted octanol–water partition coefficient (Wildman–Crippen LogP) is 4.48. The second kappa shape index (κ2) is 9.94. The molecule has 0 fully saturated rings. The number of hydrogen-bond acceptors (Lipinski definition) is 7. The van der Waals surface area contributed by atoms with E-state index in [1.165, 1.54) is 11.7 Å². The van der Waals surface area contributed by atoms with Crippen molar-refractivity contribution in [3.63, 3.8) is 0 Å². The number of halogens is 1. The number of hydrogen-bond donors (Lipinski definition) is 1. The van der Waals surface area contributed by atoms with Gasteiger partial charge in [0, 0.05) is 12.1 Å². The Balaban J connectivity index is 1.72. The molecule has 0 unspecified atom stereocenters. The number of rotatable bonds is 7. The monoisotopic (exact) mass is 494 g/mol. The number of carbonyl (C=O) groups excluding carboxylic acids is 1. The molecule has 178 valence electrons. The number of nitro benzene ring substituents is 1. The van der Waals surface area contributed by atoms with Crippen molar-refractivity contribution in [1.82, 2.24) is 9.55 Å². The molecule has 1 aromatic heterocycles.